The van der Waals surface area contributed by atoms with Crippen molar-refractivity contribution in [2.75, 3.05) is 33.9 Å². The summed E-state index contributed by atoms with van der Waals surface area (Å²) >= 11 is 6.19. The molecule has 2 aromatic rings. The zero-order valence-corrected chi connectivity index (χ0v) is 18.6. The molecule has 0 heterocycles. The van der Waals surface area contributed by atoms with Gasteiger partial charge in [-0.05, 0) is 63.2 Å². The topological polar surface area (TPSA) is 54.0 Å². The molecule has 0 spiro atoms. The summed E-state index contributed by atoms with van der Waals surface area (Å²) in [7, 11) is 3.61. The van der Waals surface area contributed by atoms with Crippen molar-refractivity contribution in [3.05, 3.63) is 58.6 Å². The minimum Gasteiger partial charge on any atom is -0.493 e. The molecule has 1 unspecified atom stereocenters. The van der Waals surface area contributed by atoms with E-state index in [4.69, 9.17) is 21.1 Å². The maximum atomic E-state index is 10.2. The molecule has 0 fully saturated rings. The van der Waals surface area contributed by atoms with E-state index in [1.807, 2.05) is 49.5 Å². The Hall–Kier alpha value is -1.79. The van der Waals surface area contributed by atoms with Gasteiger partial charge in [0.05, 0.1) is 7.11 Å². The van der Waals surface area contributed by atoms with Crippen molar-refractivity contribution in [1.82, 2.24) is 10.2 Å². The molecule has 0 radical (unpaired) electrons. The molecule has 0 aliphatic heterocycles. The van der Waals surface area contributed by atoms with Gasteiger partial charge in [-0.1, -0.05) is 35.9 Å². The highest BCUT2D eigenvalue weighted by molar-refractivity contribution is 6.31. The number of halogens is 1. The fourth-order valence-electron chi connectivity index (χ4n) is 2.88. The lowest BCUT2D eigenvalue weighted by molar-refractivity contribution is 0.0668. The lowest BCUT2D eigenvalue weighted by Gasteiger charge is -2.24. The lowest BCUT2D eigenvalue weighted by atomic mass is 10.1. The number of likely N-dealkylation sites (N-methyl/N-ethyl adjacent to an activating group) is 1. The summed E-state index contributed by atoms with van der Waals surface area (Å²) in [5.41, 5.74) is 2.25. The van der Waals surface area contributed by atoms with Crippen LogP contribution in [0.5, 0.6) is 11.5 Å². The summed E-state index contributed by atoms with van der Waals surface area (Å²) < 4.78 is 11.3. The number of aliphatic hydroxyl groups excluding tert-OH is 1. The standard InChI is InChI=1S/C23H33ClN2O3/c1-17(2)26(3)15-20(27)16-29-22-10-9-18(13-23(22)28-4)14-25-12-11-19-7-5-6-8-21(19)24/h5-10,13,17,20,25,27H,11-12,14-16H2,1-4H3. The Morgan fingerprint density at radius 3 is 2.59 bits per heavy atom. The van der Waals surface area contributed by atoms with Crippen LogP contribution in [0.25, 0.3) is 0 Å². The third kappa shape index (κ3) is 7.86. The van der Waals surface area contributed by atoms with E-state index in [9.17, 15) is 5.11 Å². The van der Waals surface area contributed by atoms with Gasteiger partial charge in [0, 0.05) is 24.2 Å². The monoisotopic (exact) mass is 420 g/mol. The quantitative estimate of drug-likeness (QED) is 0.512. The van der Waals surface area contributed by atoms with Crippen LogP contribution < -0.4 is 14.8 Å². The smallest absolute Gasteiger partial charge is 0.161 e. The largest absolute Gasteiger partial charge is 0.493 e. The summed E-state index contributed by atoms with van der Waals surface area (Å²) in [5.74, 6) is 1.30. The number of hydrogen-bond donors (Lipinski definition) is 2. The van der Waals surface area contributed by atoms with Gasteiger partial charge in [0.15, 0.2) is 11.5 Å². The van der Waals surface area contributed by atoms with E-state index in [0.717, 1.165) is 35.7 Å². The third-order valence-corrected chi connectivity index (χ3v) is 5.27. The van der Waals surface area contributed by atoms with Crippen LogP contribution >= 0.6 is 11.6 Å². The van der Waals surface area contributed by atoms with Gasteiger partial charge in [-0.2, -0.15) is 0 Å². The zero-order valence-electron chi connectivity index (χ0n) is 17.8. The number of ether oxygens (including phenoxy) is 2. The molecule has 0 aromatic heterocycles. The molecule has 0 bridgehead atoms. The molecular weight excluding hydrogens is 388 g/mol. The van der Waals surface area contributed by atoms with Gasteiger partial charge in [0.25, 0.3) is 0 Å². The number of nitrogens with one attached hydrogen (secondary N) is 1. The van der Waals surface area contributed by atoms with Gasteiger partial charge in [-0.25, -0.2) is 0 Å². The van der Waals surface area contributed by atoms with Crippen molar-refractivity contribution in [2.45, 2.75) is 39.0 Å². The SMILES string of the molecule is COc1cc(CNCCc2ccccc2Cl)ccc1OCC(O)CN(C)C(C)C. The molecule has 2 aromatic carbocycles. The number of aliphatic hydroxyl groups is 1. The van der Waals surface area contributed by atoms with Gasteiger partial charge >= 0.3 is 0 Å². The second-order valence-corrected chi connectivity index (χ2v) is 7.91. The number of rotatable bonds is 12. The number of hydrogen-bond acceptors (Lipinski definition) is 5. The van der Waals surface area contributed by atoms with E-state index in [2.05, 4.69) is 24.1 Å². The van der Waals surface area contributed by atoms with Crippen molar-refractivity contribution in [2.24, 2.45) is 0 Å². The van der Waals surface area contributed by atoms with Gasteiger partial charge in [-0.15, -0.1) is 0 Å². The summed E-state index contributed by atoms with van der Waals surface area (Å²) in [6, 6.07) is 14.1. The average molecular weight is 421 g/mol. The molecule has 5 nitrogen and oxygen atoms in total. The van der Waals surface area contributed by atoms with Crippen LogP contribution in [0.4, 0.5) is 0 Å². The first-order valence-electron chi connectivity index (χ1n) is 10.0. The van der Waals surface area contributed by atoms with Crippen molar-refractivity contribution < 1.29 is 14.6 Å². The first kappa shape index (κ1) is 23.5. The van der Waals surface area contributed by atoms with Gasteiger partial charge in [-0.3, -0.25) is 0 Å². The highest BCUT2D eigenvalue weighted by Crippen LogP contribution is 2.28. The summed E-state index contributed by atoms with van der Waals surface area (Å²) in [6.07, 6.45) is 0.319. The van der Waals surface area contributed by atoms with E-state index >= 15 is 0 Å². The normalized spacial score (nSPS) is 12.4. The van der Waals surface area contributed by atoms with Crippen LogP contribution in [0.1, 0.15) is 25.0 Å². The van der Waals surface area contributed by atoms with Crippen LogP contribution in [-0.2, 0) is 13.0 Å². The van der Waals surface area contributed by atoms with E-state index in [1.165, 1.54) is 0 Å². The molecule has 0 saturated carbocycles. The van der Waals surface area contributed by atoms with Gasteiger partial charge in [0.1, 0.15) is 12.7 Å². The lowest BCUT2D eigenvalue weighted by Crippen LogP contribution is -2.36. The molecule has 0 saturated heterocycles. The summed E-state index contributed by atoms with van der Waals surface area (Å²) in [6.45, 7) is 6.54. The van der Waals surface area contributed by atoms with Crippen LogP contribution in [0, 0.1) is 0 Å². The van der Waals surface area contributed by atoms with E-state index < -0.39 is 6.10 Å². The maximum absolute atomic E-state index is 10.2. The molecule has 0 aliphatic carbocycles. The summed E-state index contributed by atoms with van der Waals surface area (Å²) in [5, 5.41) is 14.4. The van der Waals surface area contributed by atoms with E-state index in [1.54, 1.807) is 7.11 Å². The minimum absolute atomic E-state index is 0.225. The first-order chi connectivity index (χ1) is 13.9. The number of benzene rings is 2. The average Bonchev–Trinajstić information content (AvgIpc) is 2.71. The molecular formula is C23H33ClN2O3. The molecule has 160 valence electrons. The maximum Gasteiger partial charge on any atom is 0.161 e. The Morgan fingerprint density at radius 1 is 1.14 bits per heavy atom. The Morgan fingerprint density at radius 2 is 1.90 bits per heavy atom. The number of methoxy groups -OCH3 is 1. The first-order valence-corrected chi connectivity index (χ1v) is 10.4. The second-order valence-electron chi connectivity index (χ2n) is 7.50. The summed E-state index contributed by atoms with van der Waals surface area (Å²) in [4.78, 5) is 2.09. The van der Waals surface area contributed by atoms with Crippen molar-refractivity contribution in [3.8, 4) is 11.5 Å². The van der Waals surface area contributed by atoms with Crippen LogP contribution in [0.3, 0.4) is 0 Å². The van der Waals surface area contributed by atoms with Crippen molar-refractivity contribution in [1.29, 1.82) is 0 Å². The van der Waals surface area contributed by atoms with Crippen molar-refractivity contribution >= 4 is 11.6 Å². The van der Waals surface area contributed by atoms with Gasteiger partial charge in [0.2, 0.25) is 0 Å². The molecule has 2 N–H and O–H groups in total. The Kier molecular flexibility index (Phi) is 9.74. The Balaban J connectivity index is 1.82. The molecule has 2 rings (SSSR count). The fourth-order valence-corrected chi connectivity index (χ4v) is 3.11. The van der Waals surface area contributed by atoms with E-state index in [-0.39, 0.29) is 6.61 Å². The van der Waals surface area contributed by atoms with Crippen LogP contribution in [0.2, 0.25) is 5.02 Å². The zero-order chi connectivity index (χ0) is 21.2. The highest BCUT2D eigenvalue weighted by Gasteiger charge is 2.13. The van der Waals surface area contributed by atoms with Crippen LogP contribution in [-0.4, -0.2) is 56.0 Å². The fraction of sp³-hybridized carbons (Fsp3) is 0.478. The number of nitrogens with zero attached hydrogens (tertiary/aromatic N) is 1. The molecule has 29 heavy (non-hydrogen) atoms. The highest BCUT2D eigenvalue weighted by atomic mass is 35.5. The predicted octanol–water partition coefficient (Wildman–Crippen LogP) is 3.76. The second kappa shape index (κ2) is 12.0. The van der Waals surface area contributed by atoms with Gasteiger partial charge < -0.3 is 24.8 Å². The van der Waals surface area contributed by atoms with E-state index in [0.29, 0.717) is 24.1 Å². The third-order valence-electron chi connectivity index (χ3n) is 4.90. The predicted molar refractivity (Wildman–Crippen MR) is 119 cm³/mol. The van der Waals surface area contributed by atoms with Crippen LogP contribution in [0.15, 0.2) is 42.5 Å². The Labute approximate surface area is 179 Å². The molecule has 6 heteroatoms. The molecule has 0 aliphatic rings. The van der Waals surface area contributed by atoms with Crippen molar-refractivity contribution in [3.63, 3.8) is 0 Å². The Bertz CT molecular complexity index is 755. The molecule has 1 atom stereocenters. The minimum atomic E-state index is -0.557. The molecule has 0 amide bonds.